The van der Waals surface area contributed by atoms with E-state index in [0.717, 1.165) is 6.42 Å². The predicted octanol–water partition coefficient (Wildman–Crippen LogP) is 1.65. The SMILES string of the molecule is COC(=O)N[C@H]1CC[C@H](C(=O)N2CC[C@H](c3ccccc3)C2)[C@@H](C(=O)NO)C1. The first-order valence-corrected chi connectivity index (χ1v) is 9.65. The summed E-state index contributed by atoms with van der Waals surface area (Å²) in [6.45, 7) is 1.29. The Hall–Kier alpha value is -2.61. The van der Waals surface area contributed by atoms with Crippen LogP contribution in [0.25, 0.3) is 0 Å². The van der Waals surface area contributed by atoms with Crippen LogP contribution in [-0.2, 0) is 14.3 Å². The number of hydrogen-bond donors (Lipinski definition) is 3. The van der Waals surface area contributed by atoms with Crippen molar-refractivity contribution >= 4 is 17.9 Å². The Morgan fingerprint density at radius 2 is 1.86 bits per heavy atom. The number of nitrogens with one attached hydrogen (secondary N) is 2. The first kappa shape index (κ1) is 20.1. The molecule has 0 spiro atoms. The predicted molar refractivity (Wildman–Crippen MR) is 100 cm³/mol. The van der Waals surface area contributed by atoms with E-state index in [1.807, 2.05) is 23.1 Å². The molecule has 28 heavy (non-hydrogen) atoms. The van der Waals surface area contributed by atoms with Crippen LogP contribution >= 0.6 is 0 Å². The molecule has 3 amide bonds. The van der Waals surface area contributed by atoms with Crippen LogP contribution in [0.2, 0.25) is 0 Å². The quantitative estimate of drug-likeness (QED) is 0.536. The maximum Gasteiger partial charge on any atom is 0.407 e. The molecule has 2 aliphatic rings. The fraction of sp³-hybridized carbons (Fsp3) is 0.550. The lowest BCUT2D eigenvalue weighted by atomic mass is 9.75. The van der Waals surface area contributed by atoms with E-state index in [-0.39, 0.29) is 18.4 Å². The molecule has 0 bridgehead atoms. The van der Waals surface area contributed by atoms with E-state index < -0.39 is 23.8 Å². The van der Waals surface area contributed by atoms with Gasteiger partial charge in [-0.25, -0.2) is 10.3 Å². The van der Waals surface area contributed by atoms with Crippen molar-refractivity contribution in [3.8, 4) is 0 Å². The highest BCUT2D eigenvalue weighted by atomic mass is 16.5. The Morgan fingerprint density at radius 3 is 2.54 bits per heavy atom. The molecular formula is C20H27N3O5. The molecule has 3 N–H and O–H groups in total. The number of likely N-dealkylation sites (tertiary alicyclic amines) is 1. The highest BCUT2D eigenvalue weighted by molar-refractivity contribution is 5.87. The van der Waals surface area contributed by atoms with E-state index in [4.69, 9.17) is 5.21 Å². The summed E-state index contributed by atoms with van der Waals surface area (Å²) >= 11 is 0. The molecule has 152 valence electrons. The maximum atomic E-state index is 13.1. The van der Waals surface area contributed by atoms with Gasteiger partial charge < -0.3 is 15.0 Å². The molecule has 4 atom stereocenters. The molecular weight excluding hydrogens is 362 g/mol. The van der Waals surface area contributed by atoms with Crippen LogP contribution < -0.4 is 10.8 Å². The zero-order chi connectivity index (χ0) is 20.1. The van der Waals surface area contributed by atoms with Crippen molar-refractivity contribution in [3.63, 3.8) is 0 Å². The molecule has 8 heteroatoms. The average molecular weight is 389 g/mol. The number of methoxy groups -OCH3 is 1. The van der Waals surface area contributed by atoms with Gasteiger partial charge in [0.2, 0.25) is 11.8 Å². The van der Waals surface area contributed by atoms with Gasteiger partial charge in [-0.15, -0.1) is 0 Å². The second-order valence-electron chi connectivity index (χ2n) is 7.52. The van der Waals surface area contributed by atoms with Gasteiger partial charge in [0.1, 0.15) is 0 Å². The highest BCUT2D eigenvalue weighted by Gasteiger charge is 2.42. The topological polar surface area (TPSA) is 108 Å². The lowest BCUT2D eigenvalue weighted by Crippen LogP contribution is -2.49. The molecule has 1 aromatic rings. The van der Waals surface area contributed by atoms with Crippen LogP contribution in [0.3, 0.4) is 0 Å². The largest absolute Gasteiger partial charge is 0.453 e. The van der Waals surface area contributed by atoms with Gasteiger partial charge in [0.05, 0.1) is 13.0 Å². The molecule has 0 unspecified atom stereocenters. The number of ether oxygens (including phenoxy) is 1. The summed E-state index contributed by atoms with van der Waals surface area (Å²) in [5.74, 6) is -1.54. The molecule has 1 aromatic carbocycles. The number of benzene rings is 1. The third-order valence-corrected chi connectivity index (χ3v) is 5.89. The number of rotatable bonds is 4. The Morgan fingerprint density at radius 1 is 1.11 bits per heavy atom. The van der Waals surface area contributed by atoms with Crippen LogP contribution in [0.15, 0.2) is 30.3 Å². The number of carbonyl (C=O) groups is 3. The van der Waals surface area contributed by atoms with Crippen LogP contribution in [0.1, 0.15) is 37.2 Å². The number of hydroxylamine groups is 1. The van der Waals surface area contributed by atoms with E-state index in [9.17, 15) is 14.4 Å². The molecule has 1 aliphatic carbocycles. The van der Waals surface area contributed by atoms with E-state index in [0.29, 0.717) is 31.8 Å². The van der Waals surface area contributed by atoms with Crippen LogP contribution in [0.5, 0.6) is 0 Å². The normalized spacial score (nSPS) is 27.1. The summed E-state index contributed by atoms with van der Waals surface area (Å²) in [6, 6.07) is 9.85. The van der Waals surface area contributed by atoms with Gasteiger partial charge >= 0.3 is 6.09 Å². The molecule has 0 radical (unpaired) electrons. The number of nitrogens with zero attached hydrogens (tertiary/aromatic N) is 1. The molecule has 0 aromatic heterocycles. The fourth-order valence-electron chi connectivity index (χ4n) is 4.39. The van der Waals surface area contributed by atoms with Gasteiger partial charge in [0.15, 0.2) is 0 Å². The van der Waals surface area contributed by atoms with Gasteiger partial charge in [-0.1, -0.05) is 30.3 Å². The van der Waals surface area contributed by atoms with E-state index in [2.05, 4.69) is 22.2 Å². The van der Waals surface area contributed by atoms with Crippen molar-refractivity contribution in [1.82, 2.24) is 15.7 Å². The number of alkyl carbamates (subject to hydrolysis) is 1. The van der Waals surface area contributed by atoms with Crippen molar-refractivity contribution in [3.05, 3.63) is 35.9 Å². The summed E-state index contributed by atoms with van der Waals surface area (Å²) in [5, 5.41) is 11.8. The maximum absolute atomic E-state index is 13.1. The molecule has 3 rings (SSSR count). The standard InChI is InChI=1S/C20H27N3O5/c1-28-20(26)21-15-7-8-16(17(11-15)18(24)22-27)19(25)23-10-9-14(12-23)13-5-3-2-4-6-13/h2-6,14-17,27H,7-12H2,1H3,(H,21,26)(H,22,24)/t14-,15-,16-,17-/m0/s1. The van der Waals surface area contributed by atoms with Crippen LogP contribution in [0.4, 0.5) is 4.79 Å². The van der Waals surface area contributed by atoms with Crippen molar-refractivity contribution in [2.45, 2.75) is 37.6 Å². The number of amides is 3. The second-order valence-corrected chi connectivity index (χ2v) is 7.52. The Balaban J connectivity index is 1.66. The first-order valence-electron chi connectivity index (χ1n) is 9.65. The third-order valence-electron chi connectivity index (χ3n) is 5.89. The molecule has 1 saturated heterocycles. The Bertz CT molecular complexity index is 711. The summed E-state index contributed by atoms with van der Waals surface area (Å²) < 4.78 is 4.61. The smallest absolute Gasteiger partial charge is 0.407 e. The van der Waals surface area contributed by atoms with Gasteiger partial charge in [0, 0.05) is 31.0 Å². The van der Waals surface area contributed by atoms with Crippen LogP contribution in [-0.4, -0.2) is 54.3 Å². The molecule has 1 aliphatic heterocycles. The average Bonchev–Trinajstić information content (AvgIpc) is 3.23. The number of hydrogen-bond acceptors (Lipinski definition) is 5. The van der Waals surface area contributed by atoms with E-state index in [1.54, 1.807) is 5.48 Å². The zero-order valence-electron chi connectivity index (χ0n) is 16.0. The molecule has 8 nitrogen and oxygen atoms in total. The summed E-state index contributed by atoms with van der Waals surface area (Å²) in [5.41, 5.74) is 2.90. The van der Waals surface area contributed by atoms with E-state index in [1.165, 1.54) is 12.7 Å². The zero-order valence-corrected chi connectivity index (χ0v) is 16.0. The van der Waals surface area contributed by atoms with Crippen molar-refractivity contribution in [2.24, 2.45) is 11.8 Å². The minimum atomic E-state index is -0.691. The second kappa shape index (κ2) is 9.05. The first-order chi connectivity index (χ1) is 13.5. The Kier molecular flexibility index (Phi) is 6.51. The minimum absolute atomic E-state index is 0.0523. The minimum Gasteiger partial charge on any atom is -0.453 e. The number of carbonyl (C=O) groups excluding carboxylic acids is 3. The third kappa shape index (κ3) is 4.44. The lowest BCUT2D eigenvalue weighted by Gasteiger charge is -2.36. The summed E-state index contributed by atoms with van der Waals surface area (Å²) in [7, 11) is 1.28. The van der Waals surface area contributed by atoms with Crippen molar-refractivity contribution in [2.75, 3.05) is 20.2 Å². The van der Waals surface area contributed by atoms with Crippen molar-refractivity contribution in [1.29, 1.82) is 0 Å². The fourth-order valence-corrected chi connectivity index (χ4v) is 4.39. The van der Waals surface area contributed by atoms with Gasteiger partial charge in [0.25, 0.3) is 0 Å². The van der Waals surface area contributed by atoms with Crippen molar-refractivity contribution < 1.29 is 24.3 Å². The Labute approximate surface area is 164 Å². The van der Waals surface area contributed by atoms with Crippen LogP contribution in [0, 0.1) is 11.8 Å². The monoisotopic (exact) mass is 389 g/mol. The van der Waals surface area contributed by atoms with Gasteiger partial charge in [-0.05, 0) is 31.2 Å². The summed E-state index contributed by atoms with van der Waals surface area (Å²) in [4.78, 5) is 38.6. The molecule has 2 fully saturated rings. The highest BCUT2D eigenvalue weighted by Crippen LogP contribution is 2.35. The summed E-state index contributed by atoms with van der Waals surface area (Å²) in [6.07, 6.45) is 1.66. The van der Waals surface area contributed by atoms with Gasteiger partial charge in [-0.3, -0.25) is 14.8 Å². The lowest BCUT2D eigenvalue weighted by molar-refractivity contribution is -0.146. The van der Waals surface area contributed by atoms with E-state index >= 15 is 0 Å². The van der Waals surface area contributed by atoms with Gasteiger partial charge in [-0.2, -0.15) is 0 Å². The molecule has 1 heterocycles. The molecule has 1 saturated carbocycles.